The van der Waals surface area contributed by atoms with E-state index in [1.165, 1.54) is 0 Å². The van der Waals surface area contributed by atoms with E-state index in [-0.39, 0.29) is 11.5 Å². The van der Waals surface area contributed by atoms with Gasteiger partial charge in [-0.2, -0.15) is 0 Å². The number of thioether (sulfide) groups is 1. The van der Waals surface area contributed by atoms with Crippen LogP contribution < -0.4 is 11.1 Å². The van der Waals surface area contributed by atoms with Gasteiger partial charge in [-0.15, -0.1) is 11.8 Å². The molecule has 0 atom stereocenters. The second-order valence-corrected chi connectivity index (χ2v) is 6.87. The summed E-state index contributed by atoms with van der Waals surface area (Å²) in [6.45, 7) is 0.536. The van der Waals surface area contributed by atoms with Gasteiger partial charge >= 0.3 is 0 Å². The van der Waals surface area contributed by atoms with Crippen LogP contribution in [0.3, 0.4) is 0 Å². The van der Waals surface area contributed by atoms with Crippen molar-refractivity contribution in [1.82, 2.24) is 5.32 Å². The molecule has 5 nitrogen and oxygen atoms in total. The van der Waals surface area contributed by atoms with Crippen LogP contribution >= 0.6 is 11.8 Å². The van der Waals surface area contributed by atoms with Gasteiger partial charge in [-0.3, -0.25) is 10.5 Å². The highest BCUT2D eigenvalue weighted by Crippen LogP contribution is 2.13. The quantitative estimate of drug-likeness (QED) is 0.400. The first-order valence-corrected chi connectivity index (χ1v) is 9.43. The third-order valence-corrected chi connectivity index (χ3v) is 4.49. The largest absolute Gasteiger partial charge is 0.356 e. The Bertz CT molecular complexity index is 710. The van der Waals surface area contributed by atoms with Gasteiger partial charge in [-0.1, -0.05) is 54.6 Å². The highest BCUT2D eigenvalue weighted by atomic mass is 32.2. The minimum atomic E-state index is -2.32. The van der Waals surface area contributed by atoms with Gasteiger partial charge in [0.2, 0.25) is 11.8 Å². The lowest BCUT2D eigenvalue weighted by Gasteiger charge is -2.16. The number of carbonyl (C=O) groups excluding carboxylic acids is 1. The lowest BCUT2D eigenvalue weighted by molar-refractivity contribution is -0.163. The van der Waals surface area contributed by atoms with E-state index >= 15 is 0 Å². The fourth-order valence-corrected chi connectivity index (χ4v) is 2.95. The number of nitrogens with two attached hydrogens (primary N) is 1. The van der Waals surface area contributed by atoms with Gasteiger partial charge in [-0.25, -0.2) is 0 Å². The number of benzene rings is 2. The molecule has 0 aliphatic heterocycles. The van der Waals surface area contributed by atoms with E-state index < -0.39 is 5.91 Å². The number of hydrogen-bond donors (Lipinski definition) is 4. The number of rotatable bonds is 9. The van der Waals surface area contributed by atoms with E-state index in [4.69, 9.17) is 5.73 Å². The van der Waals surface area contributed by atoms with Crippen LogP contribution in [0.25, 0.3) is 6.08 Å². The number of hydrogen-bond acceptors (Lipinski definition) is 5. The van der Waals surface area contributed by atoms with Crippen molar-refractivity contribution in [2.75, 3.05) is 12.3 Å². The Hall–Kier alpha value is -2.12. The van der Waals surface area contributed by atoms with Gasteiger partial charge < -0.3 is 15.5 Å². The molecular formula is C20H24N2O3S. The summed E-state index contributed by atoms with van der Waals surface area (Å²) in [7, 11) is 0. The smallest absolute Gasteiger partial charge is 0.248 e. The Morgan fingerprint density at radius 3 is 2.46 bits per heavy atom. The van der Waals surface area contributed by atoms with Crippen LogP contribution in [0.5, 0.6) is 0 Å². The van der Waals surface area contributed by atoms with E-state index in [2.05, 4.69) is 5.32 Å². The maximum absolute atomic E-state index is 11.8. The first kappa shape index (κ1) is 20.2. The molecule has 0 saturated heterocycles. The zero-order valence-electron chi connectivity index (χ0n) is 14.5. The zero-order valence-corrected chi connectivity index (χ0v) is 15.3. The van der Waals surface area contributed by atoms with Gasteiger partial charge in [0.15, 0.2) is 0 Å². The van der Waals surface area contributed by atoms with Crippen molar-refractivity contribution in [2.24, 2.45) is 5.73 Å². The van der Waals surface area contributed by atoms with E-state index in [0.29, 0.717) is 19.4 Å². The molecule has 0 fully saturated rings. The second-order valence-electron chi connectivity index (χ2n) is 5.86. The molecule has 0 radical (unpaired) electrons. The number of aliphatic hydroxyl groups is 2. The van der Waals surface area contributed by atoms with Gasteiger partial charge in [0.25, 0.3) is 0 Å². The van der Waals surface area contributed by atoms with Crippen LogP contribution in [0.2, 0.25) is 0 Å². The molecule has 2 rings (SSSR count). The molecule has 0 aliphatic carbocycles. The SMILES string of the molecule is NC(O)(O)c1ccc(CCNC(=O)CCS/C=C\c2ccccc2)cc1. The van der Waals surface area contributed by atoms with Crippen LogP contribution in [0, 0.1) is 0 Å². The number of nitrogens with one attached hydrogen (secondary N) is 1. The third kappa shape index (κ3) is 7.41. The number of carbonyl (C=O) groups is 1. The summed E-state index contributed by atoms with van der Waals surface area (Å²) >= 11 is 1.61. The maximum atomic E-state index is 11.8. The summed E-state index contributed by atoms with van der Waals surface area (Å²) < 4.78 is 0. The normalized spacial score (nSPS) is 11.7. The molecule has 0 aromatic heterocycles. The highest BCUT2D eigenvalue weighted by Gasteiger charge is 2.18. The van der Waals surface area contributed by atoms with Crippen molar-refractivity contribution in [3.8, 4) is 0 Å². The van der Waals surface area contributed by atoms with Crippen molar-refractivity contribution in [3.63, 3.8) is 0 Å². The average molecular weight is 372 g/mol. The van der Waals surface area contributed by atoms with Crippen LogP contribution in [0.15, 0.2) is 60.0 Å². The molecule has 2 aromatic rings. The molecule has 26 heavy (non-hydrogen) atoms. The lowest BCUT2D eigenvalue weighted by Crippen LogP contribution is -2.35. The standard InChI is InChI=1S/C20H24N2O3S/c21-20(24,25)18-8-6-17(7-9-18)10-13-22-19(23)12-15-26-14-11-16-4-2-1-3-5-16/h1-9,11,14,24-25H,10,12-13,15,21H2,(H,22,23)/b14-11-. The van der Waals surface area contributed by atoms with E-state index in [0.717, 1.165) is 16.9 Å². The minimum Gasteiger partial charge on any atom is -0.356 e. The monoisotopic (exact) mass is 372 g/mol. The molecule has 1 amide bonds. The average Bonchev–Trinajstić information content (AvgIpc) is 2.62. The Balaban J connectivity index is 1.61. The maximum Gasteiger partial charge on any atom is 0.248 e. The Labute approximate surface area is 157 Å². The molecule has 0 spiro atoms. The van der Waals surface area contributed by atoms with Crippen LogP contribution in [-0.4, -0.2) is 28.4 Å². The molecule has 0 aliphatic rings. The minimum absolute atomic E-state index is 0.0222. The number of amides is 1. The molecule has 0 bridgehead atoms. The summed E-state index contributed by atoms with van der Waals surface area (Å²) in [6, 6.07) is 16.7. The zero-order chi connectivity index (χ0) is 18.8. The predicted molar refractivity (Wildman–Crippen MR) is 106 cm³/mol. The van der Waals surface area contributed by atoms with E-state index in [1.807, 2.05) is 41.8 Å². The first-order valence-electron chi connectivity index (χ1n) is 8.38. The van der Waals surface area contributed by atoms with Crippen LogP contribution in [0.4, 0.5) is 0 Å². The van der Waals surface area contributed by atoms with Crippen LogP contribution in [-0.2, 0) is 17.1 Å². The molecule has 5 N–H and O–H groups in total. The van der Waals surface area contributed by atoms with Crippen molar-refractivity contribution in [1.29, 1.82) is 0 Å². The van der Waals surface area contributed by atoms with E-state index in [1.54, 1.807) is 36.0 Å². The fraction of sp³-hybridized carbons (Fsp3) is 0.250. The third-order valence-electron chi connectivity index (χ3n) is 3.72. The van der Waals surface area contributed by atoms with Gasteiger partial charge in [0, 0.05) is 24.3 Å². The van der Waals surface area contributed by atoms with Gasteiger partial charge in [-0.05, 0) is 29.0 Å². The van der Waals surface area contributed by atoms with Gasteiger partial charge in [0.05, 0.1) is 0 Å². The summed E-state index contributed by atoms with van der Waals surface area (Å²) in [5.74, 6) is -1.57. The molecule has 138 valence electrons. The second kappa shape index (κ2) is 10.1. The topological polar surface area (TPSA) is 95.6 Å². The molecular weight excluding hydrogens is 348 g/mol. The molecule has 6 heteroatoms. The summed E-state index contributed by atoms with van der Waals surface area (Å²) in [6.07, 6.45) is 3.16. The van der Waals surface area contributed by atoms with Crippen molar-refractivity contribution >= 4 is 23.7 Å². The van der Waals surface area contributed by atoms with Crippen molar-refractivity contribution < 1.29 is 15.0 Å². The molecule has 0 saturated carbocycles. The highest BCUT2D eigenvalue weighted by molar-refractivity contribution is 8.02. The van der Waals surface area contributed by atoms with Crippen LogP contribution in [0.1, 0.15) is 23.1 Å². The summed E-state index contributed by atoms with van der Waals surface area (Å²) in [5, 5.41) is 23.5. The first-order chi connectivity index (χ1) is 12.4. The van der Waals surface area contributed by atoms with Gasteiger partial charge in [0.1, 0.15) is 0 Å². The Morgan fingerprint density at radius 2 is 1.81 bits per heavy atom. The lowest BCUT2D eigenvalue weighted by atomic mass is 10.1. The predicted octanol–water partition coefficient (Wildman–Crippen LogP) is 2.19. The van der Waals surface area contributed by atoms with E-state index in [9.17, 15) is 15.0 Å². The Kier molecular flexibility index (Phi) is 7.87. The Morgan fingerprint density at radius 1 is 1.12 bits per heavy atom. The van der Waals surface area contributed by atoms with Crippen molar-refractivity contribution in [2.45, 2.75) is 18.8 Å². The summed E-state index contributed by atoms with van der Waals surface area (Å²) in [5.41, 5.74) is 7.55. The summed E-state index contributed by atoms with van der Waals surface area (Å²) in [4.78, 5) is 11.8. The fourth-order valence-electron chi connectivity index (χ4n) is 2.26. The molecule has 2 aromatic carbocycles. The molecule has 0 heterocycles. The van der Waals surface area contributed by atoms with Crippen molar-refractivity contribution in [3.05, 3.63) is 76.7 Å². The molecule has 0 unspecified atom stereocenters.